The van der Waals surface area contributed by atoms with Gasteiger partial charge in [-0.15, -0.1) is 0 Å². The van der Waals surface area contributed by atoms with Gasteiger partial charge in [0.2, 0.25) is 5.91 Å². The zero-order chi connectivity index (χ0) is 20.5. The number of ether oxygens (including phenoxy) is 1. The average molecular weight is 392 g/mol. The van der Waals surface area contributed by atoms with Gasteiger partial charge in [-0.05, 0) is 56.5 Å². The van der Waals surface area contributed by atoms with Crippen molar-refractivity contribution >= 4 is 16.9 Å². The van der Waals surface area contributed by atoms with Gasteiger partial charge in [0.1, 0.15) is 11.6 Å². The number of nitrogens with one attached hydrogen (secondary N) is 1. The fourth-order valence-electron chi connectivity index (χ4n) is 3.36. The van der Waals surface area contributed by atoms with Gasteiger partial charge in [0, 0.05) is 19.5 Å². The Bertz CT molecular complexity index is 975. The molecular weight excluding hydrogens is 362 g/mol. The zero-order valence-corrected chi connectivity index (χ0v) is 17.2. The van der Waals surface area contributed by atoms with Crippen LogP contribution in [-0.2, 0) is 17.8 Å². The van der Waals surface area contributed by atoms with E-state index in [1.165, 1.54) is 0 Å². The standard InChI is InChI=1S/C24H29N3O2/c1-3-10-24(28)25-16-8-15-23-26-20-12-5-6-13-21(20)27(23)17-9-18-29-22-14-7-4-11-19(22)2/h3-7,10-14H,8-9,15-18H2,1-2H3,(H,25,28)/b10-3-. The number of allylic oxidation sites excluding steroid dienone is 1. The van der Waals surface area contributed by atoms with Crippen molar-refractivity contribution in [2.75, 3.05) is 13.2 Å². The van der Waals surface area contributed by atoms with E-state index >= 15 is 0 Å². The molecule has 5 nitrogen and oxygen atoms in total. The molecule has 1 amide bonds. The summed E-state index contributed by atoms with van der Waals surface area (Å²) in [5.74, 6) is 1.96. The fourth-order valence-corrected chi connectivity index (χ4v) is 3.36. The third-order valence-electron chi connectivity index (χ3n) is 4.81. The highest BCUT2D eigenvalue weighted by Gasteiger charge is 2.10. The second kappa shape index (κ2) is 10.5. The Morgan fingerprint density at radius 1 is 1.14 bits per heavy atom. The first-order chi connectivity index (χ1) is 14.2. The Balaban J connectivity index is 1.59. The lowest BCUT2D eigenvalue weighted by Gasteiger charge is -2.12. The maximum absolute atomic E-state index is 11.5. The van der Waals surface area contributed by atoms with Crippen LogP contribution < -0.4 is 10.1 Å². The van der Waals surface area contributed by atoms with E-state index in [0.29, 0.717) is 13.2 Å². The highest BCUT2D eigenvalue weighted by molar-refractivity contribution is 5.87. The Morgan fingerprint density at radius 2 is 1.93 bits per heavy atom. The monoisotopic (exact) mass is 391 g/mol. The van der Waals surface area contributed by atoms with E-state index in [1.54, 1.807) is 12.2 Å². The largest absolute Gasteiger partial charge is 0.493 e. The third kappa shape index (κ3) is 5.70. The fraction of sp³-hybridized carbons (Fsp3) is 0.333. The molecule has 29 heavy (non-hydrogen) atoms. The number of rotatable bonds is 10. The molecule has 0 fully saturated rings. The van der Waals surface area contributed by atoms with Crippen LogP contribution >= 0.6 is 0 Å². The van der Waals surface area contributed by atoms with E-state index in [9.17, 15) is 4.79 Å². The van der Waals surface area contributed by atoms with E-state index in [2.05, 4.69) is 28.9 Å². The van der Waals surface area contributed by atoms with Crippen molar-refractivity contribution in [2.24, 2.45) is 0 Å². The molecule has 0 saturated carbocycles. The molecule has 0 saturated heterocycles. The van der Waals surface area contributed by atoms with Gasteiger partial charge in [-0.1, -0.05) is 36.4 Å². The van der Waals surface area contributed by atoms with Crippen molar-refractivity contribution in [1.82, 2.24) is 14.9 Å². The quantitative estimate of drug-likeness (QED) is 0.411. The molecule has 0 bridgehead atoms. The SMILES string of the molecule is C/C=C\C(=O)NCCCc1nc2ccccc2n1CCCOc1ccccc1C. The number of benzene rings is 2. The number of aryl methyl sites for hydroxylation is 3. The summed E-state index contributed by atoms with van der Waals surface area (Å²) < 4.78 is 8.23. The molecule has 2 aromatic carbocycles. The maximum atomic E-state index is 11.5. The Morgan fingerprint density at radius 3 is 2.76 bits per heavy atom. The van der Waals surface area contributed by atoms with Gasteiger partial charge < -0.3 is 14.6 Å². The summed E-state index contributed by atoms with van der Waals surface area (Å²) in [4.78, 5) is 16.4. The molecule has 5 heteroatoms. The third-order valence-corrected chi connectivity index (χ3v) is 4.81. The number of carbonyl (C=O) groups is 1. The Labute approximate surface area is 172 Å². The summed E-state index contributed by atoms with van der Waals surface area (Å²) in [7, 11) is 0. The number of fused-ring (bicyclic) bond motifs is 1. The molecular formula is C24H29N3O2. The molecule has 0 unspecified atom stereocenters. The lowest BCUT2D eigenvalue weighted by molar-refractivity contribution is -0.116. The number of hydrogen-bond acceptors (Lipinski definition) is 3. The van der Waals surface area contributed by atoms with Gasteiger partial charge >= 0.3 is 0 Å². The molecule has 1 heterocycles. The molecule has 0 aliphatic heterocycles. The van der Waals surface area contributed by atoms with Crippen LogP contribution in [0.4, 0.5) is 0 Å². The summed E-state index contributed by atoms with van der Waals surface area (Å²) in [6, 6.07) is 16.3. The summed E-state index contributed by atoms with van der Waals surface area (Å²) in [6.07, 6.45) is 5.87. The first kappa shape index (κ1) is 20.6. The Kier molecular flexibility index (Phi) is 7.45. The Hall–Kier alpha value is -3.08. The predicted octanol–water partition coefficient (Wildman–Crippen LogP) is 4.44. The second-order valence-electron chi connectivity index (χ2n) is 7.03. The number of hydrogen-bond donors (Lipinski definition) is 1. The van der Waals surface area contributed by atoms with Crippen molar-refractivity contribution < 1.29 is 9.53 Å². The molecule has 1 N–H and O–H groups in total. The summed E-state index contributed by atoms with van der Waals surface area (Å²) in [6.45, 7) is 6.06. The average Bonchev–Trinajstić information content (AvgIpc) is 3.07. The number of carbonyl (C=O) groups excluding carboxylic acids is 1. The minimum absolute atomic E-state index is 0.0469. The van der Waals surface area contributed by atoms with Gasteiger partial charge in [-0.3, -0.25) is 4.79 Å². The van der Waals surface area contributed by atoms with Crippen molar-refractivity contribution in [3.05, 3.63) is 72.1 Å². The van der Waals surface area contributed by atoms with Gasteiger partial charge in [-0.25, -0.2) is 4.98 Å². The van der Waals surface area contributed by atoms with Crippen LogP contribution in [0.15, 0.2) is 60.7 Å². The van der Waals surface area contributed by atoms with E-state index in [-0.39, 0.29) is 5.91 Å². The number of imidazole rings is 1. The van der Waals surface area contributed by atoms with Crippen LogP contribution in [0.3, 0.4) is 0 Å². The van der Waals surface area contributed by atoms with Crippen molar-refractivity contribution in [3.8, 4) is 5.75 Å². The van der Waals surface area contributed by atoms with Crippen molar-refractivity contribution in [3.63, 3.8) is 0 Å². The van der Waals surface area contributed by atoms with Crippen LogP contribution in [0.5, 0.6) is 5.75 Å². The lowest BCUT2D eigenvalue weighted by Crippen LogP contribution is -2.22. The van der Waals surface area contributed by atoms with Gasteiger partial charge in [-0.2, -0.15) is 0 Å². The number of aromatic nitrogens is 2. The topological polar surface area (TPSA) is 56.2 Å². The molecule has 0 atom stereocenters. The summed E-state index contributed by atoms with van der Waals surface area (Å²) >= 11 is 0. The van der Waals surface area contributed by atoms with E-state index in [4.69, 9.17) is 9.72 Å². The molecule has 0 spiro atoms. The number of para-hydroxylation sites is 3. The van der Waals surface area contributed by atoms with Crippen LogP contribution in [0.2, 0.25) is 0 Å². The minimum Gasteiger partial charge on any atom is -0.493 e. The first-order valence-electron chi connectivity index (χ1n) is 10.2. The number of nitrogens with zero attached hydrogens (tertiary/aromatic N) is 2. The highest BCUT2D eigenvalue weighted by Crippen LogP contribution is 2.19. The zero-order valence-electron chi connectivity index (χ0n) is 17.2. The second-order valence-corrected chi connectivity index (χ2v) is 7.03. The summed E-state index contributed by atoms with van der Waals surface area (Å²) in [5.41, 5.74) is 3.32. The molecule has 1 aromatic heterocycles. The van der Waals surface area contributed by atoms with Crippen molar-refractivity contribution in [1.29, 1.82) is 0 Å². The first-order valence-corrected chi connectivity index (χ1v) is 10.2. The molecule has 3 aromatic rings. The van der Waals surface area contributed by atoms with Gasteiger partial charge in [0.25, 0.3) is 0 Å². The van der Waals surface area contributed by atoms with E-state index < -0.39 is 0 Å². The molecule has 152 valence electrons. The smallest absolute Gasteiger partial charge is 0.243 e. The van der Waals surface area contributed by atoms with Gasteiger partial charge in [0.05, 0.1) is 17.6 Å². The molecule has 0 aliphatic carbocycles. The predicted molar refractivity (Wildman–Crippen MR) is 117 cm³/mol. The van der Waals surface area contributed by atoms with E-state index in [1.807, 2.05) is 43.3 Å². The minimum atomic E-state index is -0.0469. The molecule has 0 aliphatic rings. The summed E-state index contributed by atoms with van der Waals surface area (Å²) in [5, 5.41) is 2.90. The number of amides is 1. The van der Waals surface area contributed by atoms with Crippen molar-refractivity contribution in [2.45, 2.75) is 39.7 Å². The maximum Gasteiger partial charge on any atom is 0.243 e. The van der Waals surface area contributed by atoms with Crippen LogP contribution in [0, 0.1) is 6.92 Å². The van der Waals surface area contributed by atoms with Gasteiger partial charge in [0.15, 0.2) is 0 Å². The van der Waals surface area contributed by atoms with Crippen LogP contribution in [-0.4, -0.2) is 28.6 Å². The molecule has 3 rings (SSSR count). The molecule has 0 radical (unpaired) electrons. The highest BCUT2D eigenvalue weighted by atomic mass is 16.5. The van der Waals surface area contributed by atoms with Crippen LogP contribution in [0.25, 0.3) is 11.0 Å². The normalized spacial score (nSPS) is 11.2. The van der Waals surface area contributed by atoms with Crippen LogP contribution in [0.1, 0.15) is 31.2 Å². The lowest BCUT2D eigenvalue weighted by atomic mass is 10.2. The van der Waals surface area contributed by atoms with E-state index in [0.717, 1.165) is 54.0 Å².